The number of imidazole rings is 1. The average Bonchev–Trinajstić information content (AvgIpc) is 2.81. The van der Waals surface area contributed by atoms with Crippen molar-refractivity contribution in [3.05, 3.63) is 30.1 Å². The summed E-state index contributed by atoms with van der Waals surface area (Å²) in [7, 11) is 0. The second kappa shape index (κ2) is 7.98. The first kappa shape index (κ1) is 18.4. The Balaban J connectivity index is 1.49. The third-order valence-corrected chi connectivity index (χ3v) is 5.71. The number of rotatable bonds is 6. The Bertz CT molecular complexity index is 789. The smallest absolute Gasteiger partial charge is 0.240 e. The van der Waals surface area contributed by atoms with Crippen LogP contribution in [0.3, 0.4) is 0 Å². The fourth-order valence-electron chi connectivity index (χ4n) is 3.98. The van der Waals surface area contributed by atoms with E-state index in [0.29, 0.717) is 13.1 Å². The van der Waals surface area contributed by atoms with Crippen LogP contribution >= 0.6 is 0 Å². The molecule has 1 aromatic carbocycles. The van der Waals surface area contributed by atoms with Gasteiger partial charge in [-0.05, 0) is 38.1 Å². The minimum atomic E-state index is 0.0448. The fourth-order valence-corrected chi connectivity index (χ4v) is 3.98. The number of likely N-dealkylation sites (tertiary alicyclic amines) is 1. The lowest BCUT2D eigenvalue weighted by Gasteiger charge is -2.38. The second-order valence-corrected chi connectivity index (χ2v) is 8.37. The fraction of sp³-hybridized carbons (Fsp3) is 0.619. The van der Waals surface area contributed by atoms with Crippen molar-refractivity contribution in [2.75, 3.05) is 32.8 Å². The standard InChI is InChI=1S/C21H30N4O2/c1-21(15-27-16-21)14-22-20(26)13-25-18-9-5-4-8-17(18)23-19(25)12-24-10-6-2-3-7-11-24/h4-5,8-9H,2-3,6-7,10-16H2,1H3,(H,22,26). The van der Waals surface area contributed by atoms with Crippen LogP contribution in [0.4, 0.5) is 0 Å². The van der Waals surface area contributed by atoms with Crippen LogP contribution in [0.15, 0.2) is 24.3 Å². The first-order valence-electron chi connectivity index (χ1n) is 10.1. The number of para-hydroxylation sites is 2. The third kappa shape index (κ3) is 4.33. The number of hydrogen-bond donors (Lipinski definition) is 1. The first-order valence-corrected chi connectivity index (χ1v) is 10.1. The molecule has 6 nitrogen and oxygen atoms in total. The van der Waals surface area contributed by atoms with Crippen molar-refractivity contribution >= 4 is 16.9 Å². The van der Waals surface area contributed by atoms with Gasteiger partial charge >= 0.3 is 0 Å². The first-order chi connectivity index (χ1) is 13.1. The summed E-state index contributed by atoms with van der Waals surface area (Å²) >= 11 is 0. The van der Waals surface area contributed by atoms with Gasteiger partial charge in [0.2, 0.25) is 5.91 Å². The topological polar surface area (TPSA) is 59.4 Å². The van der Waals surface area contributed by atoms with Crippen LogP contribution in [0.1, 0.15) is 38.4 Å². The van der Waals surface area contributed by atoms with E-state index in [9.17, 15) is 4.79 Å². The van der Waals surface area contributed by atoms with E-state index in [2.05, 4.69) is 27.8 Å². The molecule has 27 heavy (non-hydrogen) atoms. The summed E-state index contributed by atoms with van der Waals surface area (Å²) in [6.07, 6.45) is 5.14. The highest BCUT2D eigenvalue weighted by atomic mass is 16.5. The molecule has 2 aliphatic rings. The molecule has 4 rings (SSSR count). The Kier molecular flexibility index (Phi) is 5.45. The van der Waals surface area contributed by atoms with E-state index in [-0.39, 0.29) is 11.3 Å². The molecule has 0 bridgehead atoms. The van der Waals surface area contributed by atoms with Crippen molar-refractivity contribution in [3.8, 4) is 0 Å². The maximum atomic E-state index is 12.6. The highest BCUT2D eigenvalue weighted by Crippen LogP contribution is 2.25. The van der Waals surface area contributed by atoms with Gasteiger partial charge in [-0.25, -0.2) is 4.98 Å². The number of carbonyl (C=O) groups excluding carboxylic acids is 1. The Morgan fingerprint density at radius 1 is 1.19 bits per heavy atom. The predicted octanol–water partition coefficient (Wildman–Crippen LogP) is 2.57. The Hall–Kier alpha value is -1.92. The molecule has 2 aromatic rings. The quantitative estimate of drug-likeness (QED) is 0.849. The largest absolute Gasteiger partial charge is 0.380 e. The lowest BCUT2D eigenvalue weighted by atomic mass is 9.89. The molecular formula is C21H30N4O2. The summed E-state index contributed by atoms with van der Waals surface area (Å²) in [4.78, 5) is 20.0. The zero-order valence-electron chi connectivity index (χ0n) is 16.2. The molecule has 0 aliphatic carbocycles. The molecule has 2 fully saturated rings. The summed E-state index contributed by atoms with van der Waals surface area (Å²) in [6, 6.07) is 8.11. The van der Waals surface area contributed by atoms with Crippen molar-refractivity contribution in [1.82, 2.24) is 19.8 Å². The van der Waals surface area contributed by atoms with Gasteiger partial charge in [-0.2, -0.15) is 0 Å². The maximum Gasteiger partial charge on any atom is 0.240 e. The monoisotopic (exact) mass is 370 g/mol. The van der Waals surface area contributed by atoms with Gasteiger partial charge in [0.15, 0.2) is 0 Å². The molecular weight excluding hydrogens is 340 g/mol. The van der Waals surface area contributed by atoms with Crippen LogP contribution in [-0.4, -0.2) is 53.2 Å². The van der Waals surface area contributed by atoms with Crippen molar-refractivity contribution in [2.24, 2.45) is 5.41 Å². The van der Waals surface area contributed by atoms with Crippen LogP contribution in [0.25, 0.3) is 11.0 Å². The number of nitrogens with zero attached hydrogens (tertiary/aromatic N) is 3. The van der Waals surface area contributed by atoms with Crippen LogP contribution < -0.4 is 5.32 Å². The van der Waals surface area contributed by atoms with Gasteiger partial charge in [0.25, 0.3) is 0 Å². The molecule has 1 amide bonds. The minimum absolute atomic E-state index is 0.0448. The van der Waals surface area contributed by atoms with E-state index in [1.165, 1.54) is 25.7 Å². The third-order valence-electron chi connectivity index (χ3n) is 5.71. The van der Waals surface area contributed by atoms with E-state index in [0.717, 1.165) is 49.7 Å². The second-order valence-electron chi connectivity index (χ2n) is 8.37. The van der Waals surface area contributed by atoms with E-state index in [1.54, 1.807) is 0 Å². The normalized spacial score (nSPS) is 20.2. The van der Waals surface area contributed by atoms with Gasteiger partial charge in [0.05, 0.1) is 30.8 Å². The van der Waals surface area contributed by atoms with Crippen LogP contribution in [-0.2, 0) is 22.6 Å². The number of fused-ring (bicyclic) bond motifs is 1. The number of aromatic nitrogens is 2. The molecule has 2 aliphatic heterocycles. The highest BCUT2D eigenvalue weighted by Gasteiger charge is 2.33. The van der Waals surface area contributed by atoms with E-state index in [4.69, 9.17) is 9.72 Å². The van der Waals surface area contributed by atoms with Crippen LogP contribution in [0.2, 0.25) is 0 Å². The zero-order valence-corrected chi connectivity index (χ0v) is 16.2. The number of amides is 1. The Morgan fingerprint density at radius 3 is 2.63 bits per heavy atom. The summed E-state index contributed by atoms with van der Waals surface area (Å²) in [5.74, 6) is 1.04. The van der Waals surface area contributed by atoms with Gasteiger partial charge < -0.3 is 14.6 Å². The van der Waals surface area contributed by atoms with Crippen molar-refractivity contribution in [2.45, 2.75) is 45.7 Å². The molecule has 6 heteroatoms. The minimum Gasteiger partial charge on any atom is -0.380 e. The van der Waals surface area contributed by atoms with Gasteiger partial charge in [0.1, 0.15) is 12.4 Å². The van der Waals surface area contributed by atoms with Gasteiger partial charge in [-0.15, -0.1) is 0 Å². The molecule has 1 N–H and O–H groups in total. The van der Waals surface area contributed by atoms with Crippen molar-refractivity contribution in [3.63, 3.8) is 0 Å². The number of benzene rings is 1. The summed E-state index contributed by atoms with van der Waals surface area (Å²) in [6.45, 7) is 7.63. The Labute approximate surface area is 160 Å². The number of nitrogens with one attached hydrogen (secondary N) is 1. The molecule has 0 unspecified atom stereocenters. The molecule has 0 atom stereocenters. The molecule has 2 saturated heterocycles. The van der Waals surface area contributed by atoms with Gasteiger partial charge in [-0.3, -0.25) is 9.69 Å². The van der Waals surface area contributed by atoms with Crippen LogP contribution in [0.5, 0.6) is 0 Å². The molecule has 3 heterocycles. The molecule has 0 saturated carbocycles. The molecule has 146 valence electrons. The zero-order chi connectivity index (χ0) is 18.7. The SMILES string of the molecule is CC1(CNC(=O)Cn2c(CN3CCCCCC3)nc3ccccc32)COC1. The lowest BCUT2D eigenvalue weighted by Crippen LogP contribution is -2.49. The maximum absolute atomic E-state index is 12.6. The summed E-state index contributed by atoms with van der Waals surface area (Å²) < 4.78 is 7.37. The number of ether oxygens (including phenoxy) is 1. The summed E-state index contributed by atoms with van der Waals surface area (Å²) in [5, 5.41) is 3.09. The van der Waals surface area contributed by atoms with Crippen molar-refractivity contribution < 1.29 is 9.53 Å². The number of carbonyl (C=O) groups is 1. The van der Waals surface area contributed by atoms with E-state index in [1.807, 2.05) is 18.2 Å². The van der Waals surface area contributed by atoms with Gasteiger partial charge in [-0.1, -0.05) is 31.9 Å². The predicted molar refractivity (Wildman–Crippen MR) is 105 cm³/mol. The van der Waals surface area contributed by atoms with E-state index >= 15 is 0 Å². The van der Waals surface area contributed by atoms with Gasteiger partial charge in [0, 0.05) is 12.0 Å². The molecule has 1 aromatic heterocycles. The summed E-state index contributed by atoms with van der Waals surface area (Å²) in [5.41, 5.74) is 2.09. The average molecular weight is 370 g/mol. The Morgan fingerprint density at radius 2 is 1.93 bits per heavy atom. The van der Waals surface area contributed by atoms with Crippen molar-refractivity contribution in [1.29, 1.82) is 0 Å². The molecule has 0 spiro atoms. The number of hydrogen-bond acceptors (Lipinski definition) is 4. The van der Waals surface area contributed by atoms with E-state index < -0.39 is 0 Å². The highest BCUT2D eigenvalue weighted by molar-refractivity contribution is 5.81. The lowest BCUT2D eigenvalue weighted by molar-refractivity contribution is -0.127. The molecule has 0 radical (unpaired) electrons. The van der Waals surface area contributed by atoms with Crippen LogP contribution in [0, 0.1) is 5.41 Å².